The summed E-state index contributed by atoms with van der Waals surface area (Å²) >= 11 is 0. The van der Waals surface area contributed by atoms with Gasteiger partial charge in [0.15, 0.2) is 5.60 Å². The van der Waals surface area contributed by atoms with Crippen molar-refractivity contribution in [3.63, 3.8) is 0 Å². The summed E-state index contributed by atoms with van der Waals surface area (Å²) in [5.74, 6) is -1.63. The van der Waals surface area contributed by atoms with Crippen LogP contribution in [-0.4, -0.2) is 34.6 Å². The van der Waals surface area contributed by atoms with Crippen molar-refractivity contribution in [2.45, 2.75) is 91.8 Å². The molecule has 0 aliphatic rings. The molecule has 9 heteroatoms. The van der Waals surface area contributed by atoms with Crippen molar-refractivity contribution >= 4 is 5.97 Å². The molecule has 0 heterocycles. The van der Waals surface area contributed by atoms with Gasteiger partial charge in [0.2, 0.25) is 0 Å². The van der Waals surface area contributed by atoms with Gasteiger partial charge >= 0.3 is 18.3 Å². The van der Waals surface area contributed by atoms with Crippen molar-refractivity contribution in [1.29, 1.82) is 0 Å². The summed E-state index contributed by atoms with van der Waals surface area (Å²) in [6.45, 7) is 11.1. The van der Waals surface area contributed by atoms with Crippen LogP contribution in [-0.2, 0) is 9.53 Å². The van der Waals surface area contributed by atoms with Crippen LogP contribution in [0.3, 0.4) is 0 Å². The first kappa shape index (κ1) is 26.0. The van der Waals surface area contributed by atoms with Gasteiger partial charge in [-0.1, -0.05) is 41.0 Å². The van der Waals surface area contributed by atoms with Crippen molar-refractivity contribution in [2.75, 3.05) is 0 Å². The van der Waals surface area contributed by atoms with Gasteiger partial charge in [-0.3, -0.25) is 4.79 Å². The lowest BCUT2D eigenvalue weighted by atomic mass is 9.67. The van der Waals surface area contributed by atoms with E-state index in [0.29, 0.717) is 20.3 Å². The highest BCUT2D eigenvalue weighted by atomic mass is 19.4. The molecule has 0 aromatic heterocycles. The largest absolute Gasteiger partial charge is 0.455 e. The van der Waals surface area contributed by atoms with Gasteiger partial charge < -0.3 is 9.84 Å². The molecular formula is C18H30F6O3. The van der Waals surface area contributed by atoms with E-state index in [9.17, 15) is 36.2 Å². The highest BCUT2D eigenvalue weighted by Gasteiger charge is 2.79. The van der Waals surface area contributed by atoms with Crippen LogP contribution in [0.4, 0.5) is 26.3 Å². The molecule has 0 saturated carbocycles. The zero-order chi connectivity index (χ0) is 22.3. The number of aliphatic hydroxyl groups is 1. The third-order valence-electron chi connectivity index (χ3n) is 5.58. The topological polar surface area (TPSA) is 46.5 Å². The van der Waals surface area contributed by atoms with E-state index in [1.54, 1.807) is 13.8 Å². The second-order valence-electron chi connectivity index (χ2n) is 8.87. The summed E-state index contributed by atoms with van der Waals surface area (Å²) in [4.78, 5) is 12.7. The third kappa shape index (κ3) is 4.90. The lowest BCUT2D eigenvalue weighted by Gasteiger charge is -2.46. The lowest BCUT2D eigenvalue weighted by Crippen LogP contribution is -2.70. The van der Waals surface area contributed by atoms with Crippen LogP contribution >= 0.6 is 0 Å². The Labute approximate surface area is 156 Å². The molecule has 162 valence electrons. The summed E-state index contributed by atoms with van der Waals surface area (Å²) in [5, 5.41) is 9.62. The Hall–Kier alpha value is -0.990. The molecule has 0 rings (SSSR count). The predicted octanol–water partition coefficient (Wildman–Crippen LogP) is 5.65. The monoisotopic (exact) mass is 408 g/mol. The minimum atomic E-state index is -6.09. The highest BCUT2D eigenvalue weighted by Crippen LogP contribution is 2.52. The molecule has 0 bridgehead atoms. The Morgan fingerprint density at radius 1 is 0.926 bits per heavy atom. The van der Waals surface area contributed by atoms with Crippen molar-refractivity contribution in [2.24, 2.45) is 16.7 Å². The quantitative estimate of drug-likeness (QED) is 0.437. The van der Waals surface area contributed by atoms with E-state index in [1.807, 2.05) is 20.8 Å². The van der Waals surface area contributed by atoms with Gasteiger partial charge in [-0.2, -0.15) is 26.3 Å². The molecule has 0 radical (unpaired) electrons. The van der Waals surface area contributed by atoms with Gasteiger partial charge in [0.1, 0.15) is 0 Å². The number of hydrogen-bond acceptors (Lipinski definition) is 3. The smallest absolute Gasteiger partial charge is 0.430 e. The fourth-order valence-electron chi connectivity index (χ4n) is 2.90. The summed E-state index contributed by atoms with van der Waals surface area (Å²) in [6, 6.07) is 0. The first-order valence-corrected chi connectivity index (χ1v) is 8.68. The van der Waals surface area contributed by atoms with E-state index in [2.05, 4.69) is 0 Å². The Morgan fingerprint density at radius 3 is 1.56 bits per heavy atom. The lowest BCUT2D eigenvalue weighted by molar-refractivity contribution is -0.408. The average Bonchev–Trinajstić information content (AvgIpc) is 2.42. The van der Waals surface area contributed by atoms with Crippen molar-refractivity contribution in [1.82, 2.24) is 0 Å². The van der Waals surface area contributed by atoms with Crippen LogP contribution in [0.2, 0.25) is 0 Å². The fraction of sp³-hybridized carbons (Fsp3) is 0.944. The molecule has 0 aliphatic heterocycles. The van der Waals surface area contributed by atoms with Crippen molar-refractivity contribution < 1.29 is 41.0 Å². The Balaban J connectivity index is 6.11. The van der Waals surface area contributed by atoms with Gasteiger partial charge in [0.05, 0.1) is 5.41 Å². The minimum absolute atomic E-state index is 0.194. The van der Waals surface area contributed by atoms with E-state index in [-0.39, 0.29) is 6.42 Å². The van der Waals surface area contributed by atoms with Crippen LogP contribution < -0.4 is 0 Å². The number of ether oxygens (including phenoxy) is 1. The number of hydrogen-bond donors (Lipinski definition) is 1. The summed E-state index contributed by atoms with van der Waals surface area (Å²) < 4.78 is 83.7. The number of carbonyl (C=O) groups excluding carboxylic acids is 1. The normalized spacial score (nSPS) is 17.0. The second-order valence-corrected chi connectivity index (χ2v) is 8.87. The van der Waals surface area contributed by atoms with Crippen LogP contribution in [0.15, 0.2) is 0 Å². The molecule has 0 aromatic carbocycles. The van der Waals surface area contributed by atoms with Gasteiger partial charge in [-0.15, -0.1) is 0 Å². The van der Waals surface area contributed by atoms with E-state index in [0.717, 1.165) is 0 Å². The van der Waals surface area contributed by atoms with Crippen LogP contribution in [0.1, 0.15) is 68.2 Å². The van der Waals surface area contributed by atoms with Crippen molar-refractivity contribution in [3.8, 4) is 0 Å². The number of alkyl halides is 6. The van der Waals surface area contributed by atoms with Crippen LogP contribution in [0, 0.1) is 16.7 Å². The summed E-state index contributed by atoms with van der Waals surface area (Å²) in [5.41, 5.74) is -10.2. The number of esters is 1. The molecule has 1 N–H and O–H groups in total. The van der Waals surface area contributed by atoms with Gasteiger partial charge in [-0.05, 0) is 38.5 Å². The zero-order valence-corrected chi connectivity index (χ0v) is 17.0. The maximum Gasteiger partial charge on any atom is 0.430 e. The predicted molar refractivity (Wildman–Crippen MR) is 88.9 cm³/mol. The molecule has 27 heavy (non-hydrogen) atoms. The van der Waals surface area contributed by atoms with Gasteiger partial charge in [0.25, 0.3) is 5.60 Å². The first-order valence-electron chi connectivity index (χ1n) is 8.68. The SMILES string of the molecule is CCC(C)(C)CC(C)(C(=O)OC(C)(C)C(O)(C(F)(F)F)C(F)(F)F)C(C)C. The molecule has 0 aliphatic carbocycles. The molecule has 0 spiro atoms. The maximum atomic E-state index is 13.2. The number of halogens is 6. The molecular weight excluding hydrogens is 378 g/mol. The van der Waals surface area contributed by atoms with Gasteiger partial charge in [0, 0.05) is 0 Å². The second kappa shape index (κ2) is 7.44. The van der Waals surface area contributed by atoms with Crippen LogP contribution in [0.5, 0.6) is 0 Å². The standard InChI is InChI=1S/C18H30F6O3/c1-9-13(4,5)10-15(8,11(2)3)12(25)27-14(6,7)16(26,17(19,20)21)18(22,23)24/h11,26H,9-10H2,1-8H3. The van der Waals surface area contributed by atoms with E-state index >= 15 is 0 Å². The van der Waals surface area contributed by atoms with E-state index < -0.39 is 46.3 Å². The summed E-state index contributed by atoms with van der Waals surface area (Å²) in [7, 11) is 0. The Morgan fingerprint density at radius 2 is 1.30 bits per heavy atom. The molecule has 0 fully saturated rings. The van der Waals surface area contributed by atoms with E-state index in [1.165, 1.54) is 6.92 Å². The number of carbonyl (C=O) groups is 1. The molecule has 0 saturated heterocycles. The molecule has 1 unspecified atom stereocenters. The minimum Gasteiger partial charge on any atom is -0.455 e. The zero-order valence-electron chi connectivity index (χ0n) is 17.0. The number of rotatable bonds is 7. The third-order valence-corrected chi connectivity index (χ3v) is 5.58. The fourth-order valence-corrected chi connectivity index (χ4v) is 2.90. The maximum absolute atomic E-state index is 13.2. The van der Waals surface area contributed by atoms with Gasteiger partial charge in [-0.25, -0.2) is 0 Å². The Kier molecular flexibility index (Phi) is 7.17. The summed E-state index contributed by atoms with van der Waals surface area (Å²) in [6.07, 6.45) is -11.3. The van der Waals surface area contributed by atoms with Crippen LogP contribution in [0.25, 0.3) is 0 Å². The molecule has 0 amide bonds. The van der Waals surface area contributed by atoms with E-state index in [4.69, 9.17) is 4.74 Å². The highest BCUT2D eigenvalue weighted by molar-refractivity contribution is 5.77. The molecule has 3 nitrogen and oxygen atoms in total. The molecule has 1 atom stereocenters. The Bertz CT molecular complexity index is 520. The van der Waals surface area contributed by atoms with Crippen molar-refractivity contribution in [3.05, 3.63) is 0 Å². The molecule has 0 aromatic rings. The average molecular weight is 408 g/mol. The first-order chi connectivity index (χ1) is 11.6.